The first-order valence-corrected chi connectivity index (χ1v) is 17.2. The van der Waals surface area contributed by atoms with Crippen molar-refractivity contribution < 1.29 is 28.7 Å². The topological polar surface area (TPSA) is 214 Å². The summed E-state index contributed by atoms with van der Waals surface area (Å²) >= 11 is 6.17. The molecule has 55 heavy (non-hydrogen) atoms. The van der Waals surface area contributed by atoms with Crippen LogP contribution in [0.25, 0.3) is 16.6 Å². The maximum atomic E-state index is 13.8. The van der Waals surface area contributed by atoms with E-state index in [4.69, 9.17) is 16.3 Å². The van der Waals surface area contributed by atoms with Gasteiger partial charge in [0.05, 0.1) is 11.4 Å². The number of urea groups is 1. The zero-order chi connectivity index (χ0) is 39.1. The standard InChI is InChI=1S/C38H35ClN10O6/c1-38(2,3)55-36(53)31-19-23-18-27(14-15-28(23)44-31)41-33(50)30(17-22-9-12-26(13-10-22)43-37(54)42-25-7-5-4-6-8-25)46-35(52)34(51)45-29-20-24(39)11-16-32(29)49-21-40-47-48-49/h4-16,18-21,30,44H,17H2,1-3H3,(H,41,50)(H,45,51)(H,46,52)(H2,42,43,54). The lowest BCUT2D eigenvalue weighted by molar-refractivity contribution is -0.137. The molecule has 0 fully saturated rings. The van der Waals surface area contributed by atoms with Gasteiger partial charge in [0.15, 0.2) is 0 Å². The molecule has 0 spiro atoms. The fourth-order valence-corrected chi connectivity index (χ4v) is 5.52. The van der Waals surface area contributed by atoms with Crippen molar-refractivity contribution in [2.24, 2.45) is 0 Å². The number of benzene rings is 4. The number of aromatic amines is 1. The zero-order valence-electron chi connectivity index (χ0n) is 29.7. The highest BCUT2D eigenvalue weighted by Crippen LogP contribution is 2.25. The number of anilines is 4. The number of nitrogens with zero attached hydrogens (tertiary/aromatic N) is 4. The average molecular weight is 763 g/mol. The summed E-state index contributed by atoms with van der Waals surface area (Å²) in [7, 11) is 0. The molecule has 16 nitrogen and oxygen atoms in total. The lowest BCUT2D eigenvalue weighted by Gasteiger charge is -2.19. The quantitative estimate of drug-likeness (QED) is 0.0745. The highest BCUT2D eigenvalue weighted by Gasteiger charge is 2.26. The molecule has 6 N–H and O–H groups in total. The van der Waals surface area contributed by atoms with Gasteiger partial charge in [-0.1, -0.05) is 41.9 Å². The summed E-state index contributed by atoms with van der Waals surface area (Å²) in [6.45, 7) is 5.30. The first-order valence-electron chi connectivity index (χ1n) is 16.8. The van der Waals surface area contributed by atoms with Gasteiger partial charge in [0.25, 0.3) is 0 Å². The fraction of sp³-hybridized carbons (Fsp3) is 0.158. The number of carbonyl (C=O) groups excluding carboxylic acids is 5. The zero-order valence-corrected chi connectivity index (χ0v) is 30.5. The van der Waals surface area contributed by atoms with E-state index in [1.165, 1.54) is 17.1 Å². The van der Waals surface area contributed by atoms with Crippen molar-refractivity contribution in [2.45, 2.75) is 38.8 Å². The van der Waals surface area contributed by atoms with E-state index in [0.29, 0.717) is 39.2 Å². The summed E-state index contributed by atoms with van der Waals surface area (Å²) in [5, 5.41) is 25.3. The van der Waals surface area contributed by atoms with Crippen LogP contribution < -0.4 is 26.6 Å². The molecule has 2 heterocycles. The van der Waals surface area contributed by atoms with E-state index in [2.05, 4.69) is 47.1 Å². The van der Waals surface area contributed by atoms with Crippen molar-refractivity contribution in [1.29, 1.82) is 0 Å². The molecule has 0 aliphatic carbocycles. The number of hydrogen-bond acceptors (Lipinski definition) is 9. The number of para-hydroxylation sites is 1. The third kappa shape index (κ3) is 10.1. The first-order chi connectivity index (χ1) is 26.3. The minimum Gasteiger partial charge on any atom is -0.455 e. The number of carbonyl (C=O) groups is 5. The highest BCUT2D eigenvalue weighted by atomic mass is 35.5. The Morgan fingerprint density at radius 3 is 2.20 bits per heavy atom. The monoisotopic (exact) mass is 762 g/mol. The third-order valence-corrected chi connectivity index (χ3v) is 8.06. The molecule has 0 saturated heterocycles. The molecule has 0 aliphatic heterocycles. The Morgan fingerprint density at radius 1 is 0.800 bits per heavy atom. The predicted octanol–water partition coefficient (Wildman–Crippen LogP) is 5.70. The van der Waals surface area contributed by atoms with Gasteiger partial charge in [0.1, 0.15) is 23.7 Å². The Morgan fingerprint density at radius 2 is 1.51 bits per heavy atom. The molecule has 5 amide bonds. The van der Waals surface area contributed by atoms with Crippen LogP contribution in [0, 0.1) is 0 Å². The van der Waals surface area contributed by atoms with E-state index in [1.54, 1.807) is 106 Å². The number of amides is 5. The van der Waals surface area contributed by atoms with Crippen LogP contribution in [0.2, 0.25) is 5.02 Å². The first kappa shape index (κ1) is 37.7. The van der Waals surface area contributed by atoms with Crippen LogP contribution >= 0.6 is 11.6 Å². The SMILES string of the molecule is CC(C)(C)OC(=O)c1cc2cc(NC(=O)C(Cc3ccc(NC(=O)Nc4ccccc4)cc3)NC(=O)C(=O)Nc3cc(Cl)ccc3-n3cnnn3)ccc2[nH]1. The summed E-state index contributed by atoms with van der Waals surface area (Å²) < 4.78 is 6.74. The second-order valence-electron chi connectivity index (χ2n) is 13.2. The van der Waals surface area contributed by atoms with Crippen molar-refractivity contribution in [3.63, 3.8) is 0 Å². The highest BCUT2D eigenvalue weighted by molar-refractivity contribution is 6.40. The molecule has 0 aliphatic rings. The number of esters is 1. The van der Waals surface area contributed by atoms with Crippen molar-refractivity contribution in [2.75, 3.05) is 21.3 Å². The second kappa shape index (κ2) is 16.3. The number of aromatic nitrogens is 5. The number of hydrogen-bond donors (Lipinski definition) is 6. The molecule has 17 heteroatoms. The number of fused-ring (bicyclic) bond motifs is 1. The van der Waals surface area contributed by atoms with Crippen LogP contribution in [-0.2, 0) is 25.5 Å². The van der Waals surface area contributed by atoms with Crippen LogP contribution in [-0.4, -0.2) is 66.6 Å². The van der Waals surface area contributed by atoms with Gasteiger partial charge in [-0.05, 0) is 103 Å². The van der Waals surface area contributed by atoms with Crippen molar-refractivity contribution in [3.05, 3.63) is 120 Å². The van der Waals surface area contributed by atoms with E-state index < -0.39 is 41.4 Å². The predicted molar refractivity (Wildman–Crippen MR) is 206 cm³/mol. The molecule has 4 aromatic carbocycles. The van der Waals surface area contributed by atoms with Gasteiger partial charge in [-0.15, -0.1) is 5.10 Å². The number of halogens is 1. The minimum absolute atomic E-state index is 0.0381. The van der Waals surface area contributed by atoms with Crippen molar-refractivity contribution in [3.8, 4) is 5.69 Å². The van der Waals surface area contributed by atoms with Gasteiger partial charge < -0.3 is 36.3 Å². The maximum absolute atomic E-state index is 13.8. The molecule has 0 bridgehead atoms. The van der Waals surface area contributed by atoms with Crippen LogP contribution in [0.1, 0.15) is 36.8 Å². The van der Waals surface area contributed by atoms with Gasteiger partial charge in [-0.2, -0.15) is 4.68 Å². The van der Waals surface area contributed by atoms with E-state index >= 15 is 0 Å². The average Bonchev–Trinajstić information content (AvgIpc) is 3.83. The molecule has 6 rings (SSSR count). The summed E-state index contributed by atoms with van der Waals surface area (Å²) in [6.07, 6.45) is 1.27. The Bertz CT molecular complexity index is 2360. The van der Waals surface area contributed by atoms with Crippen LogP contribution in [0.5, 0.6) is 0 Å². The Hall–Kier alpha value is -7.07. The van der Waals surface area contributed by atoms with Gasteiger partial charge >= 0.3 is 23.8 Å². The van der Waals surface area contributed by atoms with Gasteiger partial charge in [0.2, 0.25) is 5.91 Å². The minimum atomic E-state index is -1.25. The third-order valence-electron chi connectivity index (χ3n) is 7.82. The number of nitrogens with one attached hydrogen (secondary N) is 6. The Balaban J connectivity index is 1.19. The number of H-pyrrole nitrogens is 1. The molecular weight excluding hydrogens is 728 g/mol. The lowest BCUT2D eigenvalue weighted by Crippen LogP contribution is -2.49. The van der Waals surface area contributed by atoms with Crippen molar-refractivity contribution >= 4 is 75.0 Å². The van der Waals surface area contributed by atoms with Crippen LogP contribution in [0.3, 0.4) is 0 Å². The molecule has 0 radical (unpaired) electrons. The maximum Gasteiger partial charge on any atom is 0.355 e. The number of tetrazole rings is 1. The van der Waals surface area contributed by atoms with Crippen LogP contribution in [0.15, 0.2) is 103 Å². The fourth-order valence-electron chi connectivity index (χ4n) is 5.35. The van der Waals surface area contributed by atoms with E-state index in [9.17, 15) is 24.0 Å². The molecule has 2 aromatic heterocycles. The summed E-state index contributed by atoms with van der Waals surface area (Å²) in [5.74, 6) is -3.36. The molecular formula is C38H35ClN10O6. The van der Waals surface area contributed by atoms with Gasteiger partial charge in [-0.25, -0.2) is 9.59 Å². The lowest BCUT2D eigenvalue weighted by atomic mass is 10.0. The number of rotatable bonds is 10. The number of ether oxygens (including phenoxy) is 1. The van der Waals surface area contributed by atoms with E-state index in [1.807, 2.05) is 6.07 Å². The Labute approximate surface area is 319 Å². The van der Waals surface area contributed by atoms with Gasteiger partial charge in [0, 0.05) is 39.4 Å². The molecule has 0 saturated carbocycles. The molecule has 6 aromatic rings. The molecule has 280 valence electrons. The normalized spacial score (nSPS) is 11.6. The molecule has 1 atom stereocenters. The second-order valence-corrected chi connectivity index (χ2v) is 13.7. The molecule has 1 unspecified atom stereocenters. The Kier molecular flexibility index (Phi) is 11.2. The summed E-state index contributed by atoms with van der Waals surface area (Å²) in [4.78, 5) is 68.6. The van der Waals surface area contributed by atoms with E-state index in [0.717, 1.165) is 0 Å². The van der Waals surface area contributed by atoms with Crippen LogP contribution in [0.4, 0.5) is 27.5 Å². The van der Waals surface area contributed by atoms with Gasteiger partial charge in [-0.3, -0.25) is 14.4 Å². The van der Waals surface area contributed by atoms with E-state index in [-0.39, 0.29) is 22.8 Å². The summed E-state index contributed by atoms with van der Waals surface area (Å²) in [5.41, 5.74) is 2.73. The van der Waals surface area contributed by atoms with Crippen molar-refractivity contribution in [1.82, 2.24) is 30.5 Å². The summed E-state index contributed by atoms with van der Waals surface area (Å²) in [6, 6.07) is 25.0. The largest absolute Gasteiger partial charge is 0.455 e. The smallest absolute Gasteiger partial charge is 0.355 e.